The standard InChI is InChI=1S/C8H7N5O/c1-12-5-6(4-9)7(11-12)13-3-2-10-8(13)14/h2-3,5H,1H3,(H,10,14). The monoisotopic (exact) mass is 189 g/mol. The molecule has 0 bridgehead atoms. The van der Waals surface area contributed by atoms with Crippen molar-refractivity contribution in [1.82, 2.24) is 19.3 Å². The molecule has 70 valence electrons. The van der Waals surface area contributed by atoms with Crippen LogP contribution in [0.25, 0.3) is 5.82 Å². The molecular weight excluding hydrogens is 182 g/mol. The van der Waals surface area contributed by atoms with Crippen LogP contribution >= 0.6 is 0 Å². The third kappa shape index (κ3) is 1.11. The lowest BCUT2D eigenvalue weighted by Gasteiger charge is -1.93. The molecule has 0 spiro atoms. The summed E-state index contributed by atoms with van der Waals surface area (Å²) in [5.41, 5.74) is 0.0643. The van der Waals surface area contributed by atoms with Gasteiger partial charge in [-0.1, -0.05) is 0 Å². The second kappa shape index (κ2) is 2.88. The molecule has 14 heavy (non-hydrogen) atoms. The summed E-state index contributed by atoms with van der Waals surface area (Å²) in [6, 6.07) is 1.97. The first-order valence-corrected chi connectivity index (χ1v) is 3.92. The fraction of sp³-hybridized carbons (Fsp3) is 0.125. The highest BCUT2D eigenvalue weighted by Gasteiger charge is 2.10. The Morgan fingerprint density at radius 2 is 2.43 bits per heavy atom. The zero-order valence-electron chi connectivity index (χ0n) is 7.43. The lowest BCUT2D eigenvalue weighted by Crippen LogP contribution is -2.15. The molecule has 6 heteroatoms. The van der Waals surface area contributed by atoms with Crippen molar-refractivity contribution in [3.63, 3.8) is 0 Å². The van der Waals surface area contributed by atoms with Crippen molar-refractivity contribution in [3.8, 4) is 11.9 Å². The summed E-state index contributed by atoms with van der Waals surface area (Å²) in [6.07, 6.45) is 4.60. The molecule has 0 radical (unpaired) electrons. The third-order valence-corrected chi connectivity index (χ3v) is 1.81. The van der Waals surface area contributed by atoms with Crippen LogP contribution in [0.2, 0.25) is 0 Å². The number of nitriles is 1. The molecule has 2 aromatic rings. The van der Waals surface area contributed by atoms with E-state index in [1.54, 1.807) is 13.2 Å². The fourth-order valence-electron chi connectivity index (χ4n) is 1.22. The van der Waals surface area contributed by atoms with Gasteiger partial charge in [0.15, 0.2) is 5.82 Å². The average molecular weight is 189 g/mol. The summed E-state index contributed by atoms with van der Waals surface area (Å²) in [7, 11) is 1.70. The van der Waals surface area contributed by atoms with Crippen LogP contribution < -0.4 is 5.69 Å². The predicted octanol–water partition coefficient (Wildman–Crippen LogP) is -0.229. The molecule has 0 aromatic carbocycles. The first-order valence-electron chi connectivity index (χ1n) is 3.92. The Balaban J connectivity index is 2.69. The van der Waals surface area contributed by atoms with Crippen molar-refractivity contribution in [2.24, 2.45) is 7.05 Å². The third-order valence-electron chi connectivity index (χ3n) is 1.81. The summed E-state index contributed by atoms with van der Waals surface area (Å²) in [4.78, 5) is 13.7. The minimum atomic E-state index is -0.305. The number of H-pyrrole nitrogens is 1. The highest BCUT2D eigenvalue weighted by molar-refractivity contribution is 5.41. The average Bonchev–Trinajstić information content (AvgIpc) is 2.71. The Hall–Kier alpha value is -2.29. The number of hydrogen-bond acceptors (Lipinski definition) is 3. The van der Waals surface area contributed by atoms with Crippen LogP contribution in [-0.2, 0) is 7.05 Å². The van der Waals surface area contributed by atoms with Gasteiger partial charge in [-0.25, -0.2) is 9.36 Å². The number of imidazole rings is 1. The molecule has 0 aliphatic rings. The maximum absolute atomic E-state index is 11.2. The van der Waals surface area contributed by atoms with Gasteiger partial charge in [-0.05, 0) is 0 Å². The van der Waals surface area contributed by atoms with E-state index in [0.29, 0.717) is 11.4 Å². The van der Waals surface area contributed by atoms with E-state index in [-0.39, 0.29) is 5.69 Å². The number of nitrogens with one attached hydrogen (secondary N) is 1. The maximum Gasteiger partial charge on any atom is 0.331 e. The van der Waals surface area contributed by atoms with Gasteiger partial charge in [-0.2, -0.15) is 10.4 Å². The van der Waals surface area contributed by atoms with Crippen LogP contribution in [0.1, 0.15) is 5.56 Å². The van der Waals surface area contributed by atoms with Crippen molar-refractivity contribution in [3.05, 3.63) is 34.6 Å². The largest absolute Gasteiger partial charge is 0.331 e. The lowest BCUT2D eigenvalue weighted by molar-refractivity contribution is 0.747. The highest BCUT2D eigenvalue weighted by Crippen LogP contribution is 2.07. The van der Waals surface area contributed by atoms with Crippen LogP contribution in [0.3, 0.4) is 0 Å². The minimum Gasteiger partial charge on any atom is -0.312 e. The number of rotatable bonds is 1. The molecule has 0 aliphatic heterocycles. The summed E-state index contributed by atoms with van der Waals surface area (Å²) < 4.78 is 2.78. The van der Waals surface area contributed by atoms with E-state index in [2.05, 4.69) is 10.1 Å². The molecule has 1 N–H and O–H groups in total. The molecule has 0 unspecified atom stereocenters. The van der Waals surface area contributed by atoms with Crippen molar-refractivity contribution >= 4 is 0 Å². The number of aromatic nitrogens is 4. The molecule has 0 saturated heterocycles. The second-order valence-electron chi connectivity index (χ2n) is 2.79. The van der Waals surface area contributed by atoms with E-state index >= 15 is 0 Å². The topological polar surface area (TPSA) is 79.4 Å². The quantitative estimate of drug-likeness (QED) is 0.673. The van der Waals surface area contributed by atoms with Gasteiger partial charge in [0.05, 0.1) is 0 Å². The summed E-state index contributed by atoms with van der Waals surface area (Å²) in [6.45, 7) is 0. The lowest BCUT2D eigenvalue weighted by atomic mass is 10.3. The molecule has 2 aromatic heterocycles. The van der Waals surface area contributed by atoms with E-state index in [9.17, 15) is 4.79 Å². The highest BCUT2D eigenvalue weighted by atomic mass is 16.1. The Morgan fingerprint density at radius 3 is 3.00 bits per heavy atom. The van der Waals surface area contributed by atoms with Crippen LogP contribution in [0.15, 0.2) is 23.4 Å². The maximum atomic E-state index is 11.2. The van der Waals surface area contributed by atoms with Crippen molar-refractivity contribution in [2.75, 3.05) is 0 Å². The zero-order valence-corrected chi connectivity index (χ0v) is 7.43. The van der Waals surface area contributed by atoms with E-state index in [4.69, 9.17) is 5.26 Å². The number of aromatic amines is 1. The van der Waals surface area contributed by atoms with Gasteiger partial charge in [-0.3, -0.25) is 4.68 Å². The van der Waals surface area contributed by atoms with E-state index < -0.39 is 0 Å². The van der Waals surface area contributed by atoms with E-state index in [0.717, 1.165) is 0 Å². The molecule has 0 saturated carbocycles. The molecule has 0 atom stereocenters. The van der Waals surface area contributed by atoms with Crippen molar-refractivity contribution in [1.29, 1.82) is 5.26 Å². The van der Waals surface area contributed by atoms with Crippen LogP contribution in [-0.4, -0.2) is 19.3 Å². The van der Waals surface area contributed by atoms with Gasteiger partial charge < -0.3 is 4.98 Å². The van der Waals surface area contributed by atoms with Gasteiger partial charge in [-0.15, -0.1) is 0 Å². The molecule has 2 rings (SSSR count). The normalized spacial score (nSPS) is 10.0. The Bertz CT molecular complexity index is 553. The molecule has 2 heterocycles. The summed E-state index contributed by atoms with van der Waals surface area (Å²) >= 11 is 0. The number of aryl methyl sites for hydroxylation is 1. The minimum absolute atomic E-state index is 0.305. The number of hydrogen-bond donors (Lipinski definition) is 1. The summed E-state index contributed by atoms with van der Waals surface area (Å²) in [5, 5.41) is 12.8. The Kier molecular flexibility index (Phi) is 1.71. The number of nitrogens with zero attached hydrogens (tertiary/aromatic N) is 4. The van der Waals surface area contributed by atoms with Gasteiger partial charge in [0.25, 0.3) is 0 Å². The molecule has 0 amide bonds. The molecular formula is C8H7N5O. The SMILES string of the molecule is Cn1cc(C#N)c(-n2cc[nH]c2=O)n1. The predicted molar refractivity (Wildman–Crippen MR) is 47.9 cm³/mol. The Labute approximate surface area is 79.0 Å². The van der Waals surface area contributed by atoms with Crippen molar-refractivity contribution in [2.45, 2.75) is 0 Å². The van der Waals surface area contributed by atoms with E-state index in [1.165, 1.54) is 21.6 Å². The van der Waals surface area contributed by atoms with Crippen LogP contribution in [0, 0.1) is 11.3 Å². The zero-order chi connectivity index (χ0) is 10.1. The van der Waals surface area contributed by atoms with Crippen molar-refractivity contribution < 1.29 is 0 Å². The van der Waals surface area contributed by atoms with Gasteiger partial charge >= 0.3 is 5.69 Å². The van der Waals surface area contributed by atoms with Crippen LogP contribution in [0.4, 0.5) is 0 Å². The van der Waals surface area contributed by atoms with Crippen LogP contribution in [0.5, 0.6) is 0 Å². The van der Waals surface area contributed by atoms with Gasteiger partial charge in [0.1, 0.15) is 11.6 Å². The second-order valence-corrected chi connectivity index (χ2v) is 2.79. The first-order chi connectivity index (χ1) is 6.72. The molecule has 0 fully saturated rings. The van der Waals surface area contributed by atoms with Gasteiger partial charge in [0, 0.05) is 25.6 Å². The molecule has 6 nitrogen and oxygen atoms in total. The molecule has 0 aliphatic carbocycles. The summed E-state index contributed by atoms with van der Waals surface area (Å²) in [5.74, 6) is 0.348. The smallest absolute Gasteiger partial charge is 0.312 e. The first kappa shape index (κ1) is 8.31. The Morgan fingerprint density at radius 1 is 1.64 bits per heavy atom. The van der Waals surface area contributed by atoms with Gasteiger partial charge in [0.2, 0.25) is 0 Å². The fourth-order valence-corrected chi connectivity index (χ4v) is 1.22. The van der Waals surface area contributed by atoms with E-state index in [1.807, 2.05) is 6.07 Å².